The molecule has 0 fully saturated rings. The summed E-state index contributed by atoms with van der Waals surface area (Å²) in [5.74, 6) is 2.89. The van der Waals surface area contributed by atoms with Crippen LogP contribution in [0.25, 0.3) is 0 Å². The van der Waals surface area contributed by atoms with E-state index in [4.69, 9.17) is 5.11 Å². The van der Waals surface area contributed by atoms with Crippen LogP contribution in [0.15, 0.2) is 6.07 Å². The SMILES string of the molecule is CCc1nc(NC)cc(NC(CCO)C(C)C)n1. The van der Waals surface area contributed by atoms with Gasteiger partial charge in [-0.3, -0.25) is 0 Å². The molecule has 0 saturated heterocycles. The van der Waals surface area contributed by atoms with Gasteiger partial charge in [0.05, 0.1) is 0 Å². The maximum absolute atomic E-state index is 9.08. The largest absolute Gasteiger partial charge is 0.396 e. The van der Waals surface area contributed by atoms with Gasteiger partial charge in [0.1, 0.15) is 17.5 Å². The van der Waals surface area contributed by atoms with Gasteiger partial charge in [-0.05, 0) is 12.3 Å². The molecule has 0 aliphatic rings. The monoisotopic (exact) mass is 252 g/mol. The second-order valence-corrected chi connectivity index (χ2v) is 4.67. The van der Waals surface area contributed by atoms with Gasteiger partial charge < -0.3 is 15.7 Å². The van der Waals surface area contributed by atoms with E-state index in [1.165, 1.54) is 0 Å². The van der Waals surface area contributed by atoms with Gasteiger partial charge in [-0.1, -0.05) is 20.8 Å². The average molecular weight is 252 g/mol. The number of aromatic nitrogens is 2. The van der Waals surface area contributed by atoms with Gasteiger partial charge >= 0.3 is 0 Å². The third-order valence-corrected chi connectivity index (χ3v) is 2.92. The van der Waals surface area contributed by atoms with Gasteiger partial charge in [0.15, 0.2) is 0 Å². The molecule has 0 bridgehead atoms. The number of hydrogen-bond donors (Lipinski definition) is 3. The summed E-state index contributed by atoms with van der Waals surface area (Å²) in [6.45, 7) is 6.48. The third-order valence-electron chi connectivity index (χ3n) is 2.92. The second-order valence-electron chi connectivity index (χ2n) is 4.67. The van der Waals surface area contributed by atoms with Gasteiger partial charge in [0.2, 0.25) is 0 Å². The molecule has 0 saturated carbocycles. The Labute approximate surface area is 109 Å². The lowest BCUT2D eigenvalue weighted by atomic mass is 10.0. The fraction of sp³-hybridized carbons (Fsp3) is 0.692. The number of aliphatic hydroxyl groups excluding tert-OH is 1. The molecule has 0 spiro atoms. The Bertz CT molecular complexity index is 346. The zero-order valence-corrected chi connectivity index (χ0v) is 11.7. The number of nitrogens with zero attached hydrogens (tertiary/aromatic N) is 2. The molecule has 0 aromatic carbocycles. The van der Waals surface area contributed by atoms with E-state index in [9.17, 15) is 0 Å². The maximum atomic E-state index is 9.08. The first-order valence-electron chi connectivity index (χ1n) is 6.53. The van der Waals surface area contributed by atoms with Crippen LogP contribution in [0.3, 0.4) is 0 Å². The topological polar surface area (TPSA) is 70.1 Å². The fourth-order valence-corrected chi connectivity index (χ4v) is 1.76. The van der Waals surface area contributed by atoms with Gasteiger partial charge in [-0.2, -0.15) is 0 Å². The highest BCUT2D eigenvalue weighted by atomic mass is 16.3. The van der Waals surface area contributed by atoms with Crippen LogP contribution < -0.4 is 10.6 Å². The number of rotatable bonds is 7. The van der Waals surface area contributed by atoms with Crippen molar-refractivity contribution < 1.29 is 5.11 Å². The Morgan fingerprint density at radius 2 is 1.94 bits per heavy atom. The van der Waals surface area contributed by atoms with E-state index in [0.29, 0.717) is 5.92 Å². The van der Waals surface area contributed by atoms with Crippen molar-refractivity contribution in [2.45, 2.75) is 39.7 Å². The zero-order valence-electron chi connectivity index (χ0n) is 11.7. The number of aryl methyl sites for hydroxylation is 1. The highest BCUT2D eigenvalue weighted by Gasteiger charge is 2.14. The first-order chi connectivity index (χ1) is 8.60. The number of hydrogen-bond acceptors (Lipinski definition) is 5. The van der Waals surface area contributed by atoms with E-state index in [0.717, 1.165) is 30.3 Å². The summed E-state index contributed by atoms with van der Waals surface area (Å²) < 4.78 is 0. The van der Waals surface area contributed by atoms with E-state index in [1.54, 1.807) is 0 Å². The molecule has 1 aromatic heterocycles. The third kappa shape index (κ3) is 4.14. The predicted octanol–water partition coefficient (Wildman–Crippen LogP) is 1.90. The first-order valence-corrected chi connectivity index (χ1v) is 6.53. The average Bonchev–Trinajstić information content (AvgIpc) is 2.37. The molecule has 0 radical (unpaired) electrons. The van der Waals surface area contributed by atoms with Crippen molar-refractivity contribution in [3.8, 4) is 0 Å². The smallest absolute Gasteiger partial charge is 0.132 e. The maximum Gasteiger partial charge on any atom is 0.132 e. The number of anilines is 2. The molecule has 5 nitrogen and oxygen atoms in total. The van der Waals surface area contributed by atoms with Gasteiger partial charge in [0.25, 0.3) is 0 Å². The van der Waals surface area contributed by atoms with E-state index in [-0.39, 0.29) is 12.6 Å². The van der Waals surface area contributed by atoms with Gasteiger partial charge in [0, 0.05) is 32.2 Å². The quantitative estimate of drug-likeness (QED) is 0.691. The van der Waals surface area contributed by atoms with Crippen LogP contribution in [-0.4, -0.2) is 34.8 Å². The molecule has 1 aromatic rings. The molecular formula is C13H24N4O. The van der Waals surface area contributed by atoms with E-state index >= 15 is 0 Å². The van der Waals surface area contributed by atoms with Crippen LogP contribution in [-0.2, 0) is 6.42 Å². The highest BCUT2D eigenvalue weighted by Crippen LogP contribution is 2.16. The molecule has 0 amide bonds. The Kier molecular flexibility index (Phi) is 5.85. The molecule has 0 aliphatic carbocycles. The molecule has 3 N–H and O–H groups in total. The lowest BCUT2D eigenvalue weighted by molar-refractivity contribution is 0.267. The molecule has 1 atom stereocenters. The van der Waals surface area contributed by atoms with Crippen molar-refractivity contribution in [1.82, 2.24) is 9.97 Å². The minimum absolute atomic E-state index is 0.181. The predicted molar refractivity (Wildman–Crippen MR) is 74.9 cm³/mol. The minimum atomic E-state index is 0.181. The fourth-order valence-electron chi connectivity index (χ4n) is 1.76. The van der Waals surface area contributed by atoms with Crippen molar-refractivity contribution in [3.63, 3.8) is 0 Å². The lowest BCUT2D eigenvalue weighted by Gasteiger charge is -2.22. The number of nitrogens with one attached hydrogen (secondary N) is 2. The van der Waals surface area contributed by atoms with Crippen LogP contribution in [0.5, 0.6) is 0 Å². The van der Waals surface area contributed by atoms with Crippen LogP contribution in [0.1, 0.15) is 33.0 Å². The first kappa shape index (κ1) is 14.7. The Morgan fingerprint density at radius 3 is 2.44 bits per heavy atom. The summed E-state index contributed by atoms with van der Waals surface area (Å²) in [5, 5.41) is 15.5. The molecule has 5 heteroatoms. The molecule has 1 heterocycles. The molecule has 0 aliphatic heterocycles. The van der Waals surface area contributed by atoms with Crippen LogP contribution in [0.2, 0.25) is 0 Å². The zero-order chi connectivity index (χ0) is 13.5. The van der Waals surface area contributed by atoms with Crippen LogP contribution >= 0.6 is 0 Å². The lowest BCUT2D eigenvalue weighted by Crippen LogP contribution is -2.27. The molecule has 102 valence electrons. The van der Waals surface area contributed by atoms with E-state index in [1.807, 2.05) is 20.0 Å². The van der Waals surface area contributed by atoms with Crippen molar-refractivity contribution in [2.24, 2.45) is 5.92 Å². The second kappa shape index (κ2) is 7.16. The van der Waals surface area contributed by atoms with E-state index < -0.39 is 0 Å². The van der Waals surface area contributed by atoms with Crippen molar-refractivity contribution in [3.05, 3.63) is 11.9 Å². The summed E-state index contributed by atoms with van der Waals surface area (Å²) in [7, 11) is 1.85. The van der Waals surface area contributed by atoms with Crippen molar-refractivity contribution >= 4 is 11.6 Å². The number of aliphatic hydroxyl groups is 1. The standard InChI is InChI=1S/C13H24N4O/c1-5-11-16-12(14-4)8-13(17-11)15-10(6-7-18)9(2)3/h8-10,18H,5-7H2,1-4H3,(H2,14,15,16,17). The molecular weight excluding hydrogens is 228 g/mol. The Balaban J connectivity index is 2.87. The molecule has 18 heavy (non-hydrogen) atoms. The van der Waals surface area contributed by atoms with Crippen LogP contribution in [0.4, 0.5) is 11.6 Å². The highest BCUT2D eigenvalue weighted by molar-refractivity contribution is 5.47. The Morgan fingerprint density at radius 1 is 1.28 bits per heavy atom. The normalized spacial score (nSPS) is 12.6. The van der Waals surface area contributed by atoms with Gasteiger partial charge in [-0.15, -0.1) is 0 Å². The minimum Gasteiger partial charge on any atom is -0.396 e. The summed E-state index contributed by atoms with van der Waals surface area (Å²) >= 11 is 0. The summed E-state index contributed by atoms with van der Waals surface area (Å²) in [6, 6.07) is 2.12. The van der Waals surface area contributed by atoms with Gasteiger partial charge in [-0.25, -0.2) is 9.97 Å². The molecule has 1 unspecified atom stereocenters. The summed E-state index contributed by atoms with van der Waals surface area (Å²) in [5.41, 5.74) is 0. The summed E-state index contributed by atoms with van der Waals surface area (Å²) in [4.78, 5) is 8.82. The summed E-state index contributed by atoms with van der Waals surface area (Å²) in [6.07, 6.45) is 1.52. The Hall–Kier alpha value is -1.36. The van der Waals surface area contributed by atoms with Crippen molar-refractivity contribution in [2.75, 3.05) is 24.3 Å². The molecule has 1 rings (SSSR count). The van der Waals surface area contributed by atoms with Crippen molar-refractivity contribution in [1.29, 1.82) is 0 Å². The van der Waals surface area contributed by atoms with E-state index in [2.05, 4.69) is 34.4 Å². The van der Waals surface area contributed by atoms with Crippen LogP contribution in [0, 0.1) is 5.92 Å².